The van der Waals surface area contributed by atoms with Gasteiger partial charge in [-0.15, -0.1) is 11.3 Å². The largest absolute Gasteiger partial charge is 0.493 e. The van der Waals surface area contributed by atoms with E-state index in [-0.39, 0.29) is 5.75 Å². The number of benzene rings is 2. The van der Waals surface area contributed by atoms with Gasteiger partial charge < -0.3 is 14.2 Å². The average Bonchev–Trinajstić information content (AvgIpc) is 3.23. The quantitative estimate of drug-likeness (QED) is 0.332. The van der Waals surface area contributed by atoms with Crippen molar-refractivity contribution in [2.75, 3.05) is 14.2 Å². The van der Waals surface area contributed by atoms with Crippen molar-refractivity contribution < 1.29 is 19.0 Å². The Hall–Kier alpha value is -3.63. The molecule has 7 heteroatoms. The van der Waals surface area contributed by atoms with Crippen LogP contribution in [-0.4, -0.2) is 25.2 Å². The van der Waals surface area contributed by atoms with Crippen molar-refractivity contribution in [2.45, 2.75) is 6.92 Å². The second-order valence-corrected chi connectivity index (χ2v) is 6.78. The van der Waals surface area contributed by atoms with Crippen LogP contribution in [0.3, 0.4) is 0 Å². The summed E-state index contributed by atoms with van der Waals surface area (Å²) >= 11 is 1.39. The molecule has 0 N–H and O–H groups in total. The molecular formula is C22H18N2O4S. The molecule has 29 heavy (non-hydrogen) atoms. The number of allylic oxidation sites excluding steroid dienone is 1. The number of nitriles is 1. The Labute approximate surface area is 172 Å². The molecule has 0 saturated carbocycles. The lowest BCUT2D eigenvalue weighted by Gasteiger charge is -2.13. The number of nitrogens with zero attached hydrogens (tertiary/aromatic N) is 2. The Balaban J connectivity index is 2.00. The minimum atomic E-state index is -0.487. The summed E-state index contributed by atoms with van der Waals surface area (Å²) in [7, 11) is 2.93. The van der Waals surface area contributed by atoms with Gasteiger partial charge in [0, 0.05) is 17.9 Å². The second kappa shape index (κ2) is 9.04. The summed E-state index contributed by atoms with van der Waals surface area (Å²) in [5, 5.41) is 12.2. The number of carbonyl (C=O) groups excluding carboxylic acids is 1. The zero-order chi connectivity index (χ0) is 20.8. The highest BCUT2D eigenvalue weighted by atomic mass is 32.1. The molecule has 0 spiro atoms. The van der Waals surface area contributed by atoms with Gasteiger partial charge in [0.15, 0.2) is 11.5 Å². The van der Waals surface area contributed by atoms with E-state index in [1.54, 1.807) is 18.2 Å². The SMILES string of the molecule is COc1cc(C=C(C#N)c2nc(-c3ccccc3)cs2)cc(OC)c1OC(C)=O. The summed E-state index contributed by atoms with van der Waals surface area (Å²) in [4.78, 5) is 16.0. The van der Waals surface area contributed by atoms with Crippen LogP contribution in [0.2, 0.25) is 0 Å². The van der Waals surface area contributed by atoms with E-state index in [2.05, 4.69) is 11.1 Å². The van der Waals surface area contributed by atoms with Crippen LogP contribution in [0, 0.1) is 11.3 Å². The number of esters is 1. The summed E-state index contributed by atoms with van der Waals surface area (Å²) in [6, 6.07) is 15.3. The van der Waals surface area contributed by atoms with Crippen molar-refractivity contribution in [1.29, 1.82) is 5.26 Å². The van der Waals surface area contributed by atoms with Gasteiger partial charge in [-0.25, -0.2) is 4.98 Å². The molecule has 0 aliphatic heterocycles. The Morgan fingerprint density at radius 2 is 1.79 bits per heavy atom. The van der Waals surface area contributed by atoms with Gasteiger partial charge in [-0.3, -0.25) is 4.79 Å². The van der Waals surface area contributed by atoms with Gasteiger partial charge in [0.25, 0.3) is 0 Å². The predicted octanol–water partition coefficient (Wildman–Crippen LogP) is 4.82. The summed E-state index contributed by atoms with van der Waals surface area (Å²) in [5.74, 6) is 0.358. The van der Waals surface area contributed by atoms with Crippen molar-refractivity contribution in [3.8, 4) is 34.6 Å². The van der Waals surface area contributed by atoms with Gasteiger partial charge in [-0.1, -0.05) is 30.3 Å². The highest BCUT2D eigenvalue weighted by Crippen LogP contribution is 2.39. The minimum Gasteiger partial charge on any atom is -0.493 e. The molecule has 0 aliphatic carbocycles. The van der Waals surface area contributed by atoms with Crippen LogP contribution in [-0.2, 0) is 4.79 Å². The van der Waals surface area contributed by atoms with Gasteiger partial charge in [-0.05, 0) is 23.8 Å². The van der Waals surface area contributed by atoms with E-state index in [1.807, 2.05) is 35.7 Å². The summed E-state index contributed by atoms with van der Waals surface area (Å²) < 4.78 is 15.9. The van der Waals surface area contributed by atoms with Crippen LogP contribution in [0.25, 0.3) is 22.9 Å². The fourth-order valence-electron chi connectivity index (χ4n) is 2.68. The van der Waals surface area contributed by atoms with Crippen LogP contribution >= 0.6 is 11.3 Å². The summed E-state index contributed by atoms with van der Waals surface area (Å²) in [5.41, 5.74) is 2.86. The zero-order valence-corrected chi connectivity index (χ0v) is 16.9. The third kappa shape index (κ3) is 4.62. The smallest absolute Gasteiger partial charge is 0.308 e. The Kier molecular flexibility index (Phi) is 6.27. The van der Waals surface area contributed by atoms with Crippen LogP contribution in [0.15, 0.2) is 47.8 Å². The predicted molar refractivity (Wildman–Crippen MR) is 112 cm³/mol. The number of ether oxygens (including phenoxy) is 3. The Bertz CT molecular complexity index is 1070. The van der Waals surface area contributed by atoms with Gasteiger partial charge in [0.2, 0.25) is 5.75 Å². The van der Waals surface area contributed by atoms with Crippen LogP contribution in [0.4, 0.5) is 0 Å². The number of methoxy groups -OCH3 is 2. The third-order valence-electron chi connectivity index (χ3n) is 3.96. The van der Waals surface area contributed by atoms with Crippen LogP contribution in [0.1, 0.15) is 17.5 Å². The van der Waals surface area contributed by atoms with Crippen LogP contribution in [0.5, 0.6) is 17.2 Å². The first kappa shape index (κ1) is 20.1. The van der Waals surface area contributed by atoms with Crippen molar-refractivity contribution in [3.63, 3.8) is 0 Å². The molecule has 0 unspecified atom stereocenters. The number of rotatable bonds is 6. The molecule has 2 aromatic carbocycles. The highest BCUT2D eigenvalue weighted by molar-refractivity contribution is 7.11. The first-order chi connectivity index (χ1) is 14.0. The summed E-state index contributed by atoms with van der Waals surface area (Å²) in [6.45, 7) is 1.30. The maximum Gasteiger partial charge on any atom is 0.308 e. The van der Waals surface area contributed by atoms with E-state index in [9.17, 15) is 10.1 Å². The zero-order valence-electron chi connectivity index (χ0n) is 16.1. The fraction of sp³-hybridized carbons (Fsp3) is 0.136. The molecule has 146 valence electrons. The maximum absolute atomic E-state index is 11.4. The normalized spacial score (nSPS) is 10.9. The molecular weight excluding hydrogens is 388 g/mol. The average molecular weight is 406 g/mol. The molecule has 3 rings (SSSR count). The highest BCUT2D eigenvalue weighted by Gasteiger charge is 2.16. The molecule has 6 nitrogen and oxygen atoms in total. The molecule has 0 amide bonds. The third-order valence-corrected chi connectivity index (χ3v) is 4.84. The second-order valence-electron chi connectivity index (χ2n) is 5.92. The van der Waals surface area contributed by atoms with Gasteiger partial charge in [-0.2, -0.15) is 5.26 Å². The van der Waals surface area contributed by atoms with Gasteiger partial charge in [0.05, 0.1) is 25.5 Å². The molecule has 0 saturated heterocycles. The molecule has 0 fully saturated rings. The lowest BCUT2D eigenvalue weighted by Crippen LogP contribution is -2.05. The standard InChI is InChI=1S/C22H18N2O4S/c1-14(25)28-21-19(26-2)10-15(11-20(21)27-3)9-17(12-23)22-24-18(13-29-22)16-7-5-4-6-8-16/h4-11,13H,1-3H3. The first-order valence-corrected chi connectivity index (χ1v) is 9.51. The van der Waals surface area contributed by atoms with Gasteiger partial charge >= 0.3 is 5.97 Å². The lowest BCUT2D eigenvalue weighted by molar-refractivity contribution is -0.132. The van der Waals surface area contributed by atoms with E-state index in [1.165, 1.54) is 32.5 Å². The molecule has 0 bridgehead atoms. The number of aromatic nitrogens is 1. The van der Waals surface area contributed by atoms with Crippen molar-refractivity contribution >= 4 is 29.0 Å². The van der Waals surface area contributed by atoms with E-state index < -0.39 is 5.97 Å². The van der Waals surface area contributed by atoms with E-state index in [0.29, 0.717) is 27.6 Å². The molecule has 3 aromatic rings. The molecule has 0 radical (unpaired) electrons. The topological polar surface area (TPSA) is 81.4 Å². The van der Waals surface area contributed by atoms with Crippen molar-refractivity contribution in [1.82, 2.24) is 4.98 Å². The molecule has 1 aromatic heterocycles. The number of carbonyl (C=O) groups is 1. The summed E-state index contributed by atoms with van der Waals surface area (Å²) in [6.07, 6.45) is 1.69. The fourth-order valence-corrected chi connectivity index (χ4v) is 3.47. The number of hydrogen-bond acceptors (Lipinski definition) is 7. The number of thiazole rings is 1. The Morgan fingerprint density at radius 1 is 1.14 bits per heavy atom. The van der Waals surface area contributed by atoms with E-state index in [4.69, 9.17) is 14.2 Å². The van der Waals surface area contributed by atoms with Crippen LogP contribution < -0.4 is 14.2 Å². The first-order valence-electron chi connectivity index (χ1n) is 8.63. The van der Waals surface area contributed by atoms with Crippen molar-refractivity contribution in [2.24, 2.45) is 0 Å². The maximum atomic E-state index is 11.4. The monoisotopic (exact) mass is 406 g/mol. The van der Waals surface area contributed by atoms with Crippen molar-refractivity contribution in [3.05, 3.63) is 58.4 Å². The van der Waals surface area contributed by atoms with E-state index in [0.717, 1.165) is 11.3 Å². The van der Waals surface area contributed by atoms with E-state index >= 15 is 0 Å². The Morgan fingerprint density at radius 3 is 2.34 bits per heavy atom. The molecule has 0 atom stereocenters. The number of hydrogen-bond donors (Lipinski definition) is 0. The molecule has 0 aliphatic rings. The lowest BCUT2D eigenvalue weighted by atomic mass is 10.1. The molecule has 1 heterocycles. The van der Waals surface area contributed by atoms with Gasteiger partial charge in [0.1, 0.15) is 11.1 Å². The minimum absolute atomic E-state index is 0.193.